The lowest BCUT2D eigenvalue weighted by atomic mass is 10.2. The molecule has 1 aromatic carbocycles. The summed E-state index contributed by atoms with van der Waals surface area (Å²) in [5.74, 6) is 0. The molecule has 0 aliphatic heterocycles. The van der Waals surface area contributed by atoms with Gasteiger partial charge in [-0.2, -0.15) is 0 Å². The Labute approximate surface area is 143 Å². The second kappa shape index (κ2) is 8.72. The highest BCUT2D eigenvalue weighted by Gasteiger charge is 2.03. The van der Waals surface area contributed by atoms with Crippen LogP contribution < -0.4 is 28.2 Å². The fourth-order valence-electron chi connectivity index (χ4n) is 1.87. The monoisotopic (exact) mass is 353 g/mol. The summed E-state index contributed by atoms with van der Waals surface area (Å²) in [5, 5.41) is 4.47. The Bertz CT molecular complexity index is 677. The van der Waals surface area contributed by atoms with E-state index in [1.807, 2.05) is 31.2 Å². The summed E-state index contributed by atoms with van der Waals surface area (Å²) in [5.41, 5.74) is 4.66. The molecular formula is C16H20ClN3O4. The van der Waals surface area contributed by atoms with E-state index in [0.29, 0.717) is 0 Å². The van der Waals surface area contributed by atoms with E-state index in [1.165, 1.54) is 11.3 Å². The molecule has 0 spiro atoms. The molecule has 2 rings (SSSR count). The zero-order valence-electron chi connectivity index (χ0n) is 14.0. The molecular weight excluding hydrogens is 334 g/mol. The predicted molar refractivity (Wildman–Crippen MR) is 79.9 cm³/mol. The van der Waals surface area contributed by atoms with E-state index in [9.17, 15) is 0 Å². The minimum atomic E-state index is -4.94. The molecule has 8 heteroatoms. The standard InChI is InChI=1S/C16H20N3.ClHO4/c1-13-9-10-19(14(2)11-13)17-12-15-5-7-16(8-6-15)18(3)4;2-1(3,4)5/h5-12H,1-4H3;(H,2,3,4,5)/q+1;/p-1. The van der Waals surface area contributed by atoms with Crippen LogP contribution in [-0.4, -0.2) is 20.3 Å². The third-order valence-corrected chi connectivity index (χ3v) is 3.02. The van der Waals surface area contributed by atoms with Gasteiger partial charge in [-0.15, -0.1) is 10.2 Å². The summed E-state index contributed by atoms with van der Waals surface area (Å²) in [6.45, 7) is 4.14. The number of hydrogen-bond donors (Lipinski definition) is 0. The van der Waals surface area contributed by atoms with Gasteiger partial charge in [0.2, 0.25) is 11.9 Å². The van der Waals surface area contributed by atoms with Gasteiger partial charge in [-0.25, -0.2) is 18.6 Å². The Kier molecular flexibility index (Phi) is 7.27. The average molecular weight is 354 g/mol. The van der Waals surface area contributed by atoms with Crippen molar-refractivity contribution >= 4 is 11.9 Å². The van der Waals surface area contributed by atoms with Crippen LogP contribution in [0, 0.1) is 24.1 Å². The van der Waals surface area contributed by atoms with Crippen LogP contribution in [0.2, 0.25) is 0 Å². The van der Waals surface area contributed by atoms with Gasteiger partial charge in [-0.3, -0.25) is 0 Å². The topological polar surface area (TPSA) is 112 Å². The minimum Gasteiger partial charge on any atom is -0.378 e. The van der Waals surface area contributed by atoms with Gasteiger partial charge in [0.25, 0.3) is 0 Å². The van der Waals surface area contributed by atoms with Crippen molar-refractivity contribution in [1.82, 2.24) is 0 Å². The fourth-order valence-corrected chi connectivity index (χ4v) is 1.87. The van der Waals surface area contributed by atoms with Crippen molar-refractivity contribution in [3.05, 3.63) is 59.4 Å². The molecule has 0 bridgehead atoms. The van der Waals surface area contributed by atoms with Crippen LogP contribution in [0.1, 0.15) is 16.8 Å². The maximum atomic E-state index is 8.49. The molecule has 2 aromatic rings. The molecule has 130 valence electrons. The highest BCUT2D eigenvalue weighted by molar-refractivity contribution is 5.79. The molecule has 0 amide bonds. The Morgan fingerprint density at radius 1 is 1.00 bits per heavy atom. The molecule has 0 N–H and O–H groups in total. The largest absolute Gasteiger partial charge is 0.378 e. The van der Waals surface area contributed by atoms with Crippen molar-refractivity contribution < 1.29 is 33.6 Å². The predicted octanol–water partition coefficient (Wildman–Crippen LogP) is -2.22. The fraction of sp³-hybridized carbons (Fsp3) is 0.250. The highest BCUT2D eigenvalue weighted by atomic mass is 35.7. The molecule has 0 saturated heterocycles. The molecule has 0 aliphatic rings. The first-order valence-electron chi connectivity index (χ1n) is 6.98. The van der Waals surface area contributed by atoms with Crippen molar-refractivity contribution in [2.45, 2.75) is 13.8 Å². The highest BCUT2D eigenvalue weighted by Crippen LogP contribution is 2.10. The third-order valence-electron chi connectivity index (χ3n) is 3.02. The first-order valence-corrected chi connectivity index (χ1v) is 8.22. The Hall–Kier alpha value is -2.03. The normalized spacial score (nSPS) is 11.2. The van der Waals surface area contributed by atoms with Gasteiger partial charge in [0.05, 0.1) is 0 Å². The van der Waals surface area contributed by atoms with E-state index < -0.39 is 10.2 Å². The molecule has 0 aliphatic carbocycles. The van der Waals surface area contributed by atoms with Gasteiger partial charge in [0.1, 0.15) is 6.21 Å². The molecule has 1 heterocycles. The summed E-state index contributed by atoms with van der Waals surface area (Å²) >= 11 is 0. The maximum absolute atomic E-state index is 8.49. The average Bonchev–Trinajstić information content (AvgIpc) is 2.45. The van der Waals surface area contributed by atoms with Crippen LogP contribution in [0.4, 0.5) is 5.69 Å². The van der Waals surface area contributed by atoms with E-state index in [-0.39, 0.29) is 0 Å². The smallest absolute Gasteiger partial charge is 0.211 e. The SMILES string of the molecule is Cc1cc[n+](N=Cc2ccc(N(C)C)cc2)c(C)c1.[O-][Cl+3]([O-])([O-])[O-]. The summed E-state index contributed by atoms with van der Waals surface area (Å²) in [6.07, 6.45) is 3.86. The van der Waals surface area contributed by atoms with E-state index >= 15 is 0 Å². The molecule has 24 heavy (non-hydrogen) atoms. The first kappa shape index (κ1) is 20.0. The molecule has 0 fully saturated rings. The maximum Gasteiger partial charge on any atom is 0.211 e. The second-order valence-corrected chi connectivity index (χ2v) is 6.05. The Morgan fingerprint density at radius 3 is 2.00 bits per heavy atom. The van der Waals surface area contributed by atoms with Gasteiger partial charge in [0, 0.05) is 38.8 Å². The van der Waals surface area contributed by atoms with Crippen molar-refractivity contribution in [2.24, 2.45) is 5.10 Å². The Balaban J connectivity index is 0.000000505. The lowest BCUT2D eigenvalue weighted by Crippen LogP contribution is -2.68. The van der Waals surface area contributed by atoms with Gasteiger partial charge in [0.15, 0.2) is 0 Å². The van der Waals surface area contributed by atoms with Crippen LogP contribution in [-0.2, 0) is 0 Å². The number of hydrogen-bond acceptors (Lipinski definition) is 6. The Morgan fingerprint density at radius 2 is 1.54 bits per heavy atom. The molecule has 0 unspecified atom stereocenters. The number of anilines is 1. The van der Waals surface area contributed by atoms with E-state index in [0.717, 1.165) is 11.3 Å². The summed E-state index contributed by atoms with van der Waals surface area (Å²) in [6, 6.07) is 12.5. The number of rotatable bonds is 3. The van der Waals surface area contributed by atoms with E-state index in [2.05, 4.69) is 60.2 Å². The van der Waals surface area contributed by atoms with Crippen molar-refractivity contribution in [1.29, 1.82) is 0 Å². The molecule has 0 saturated carbocycles. The number of halogens is 1. The zero-order valence-corrected chi connectivity index (χ0v) is 14.7. The van der Waals surface area contributed by atoms with Crippen LogP contribution in [0.15, 0.2) is 47.7 Å². The third kappa shape index (κ3) is 8.00. The van der Waals surface area contributed by atoms with Crippen LogP contribution in [0.3, 0.4) is 0 Å². The number of pyridine rings is 1. The van der Waals surface area contributed by atoms with Crippen molar-refractivity contribution in [2.75, 3.05) is 19.0 Å². The minimum absolute atomic E-state index is 1.10. The quantitative estimate of drug-likeness (QED) is 0.458. The summed E-state index contributed by atoms with van der Waals surface area (Å²) in [4.78, 5) is 2.08. The number of aromatic nitrogens is 1. The number of benzene rings is 1. The van der Waals surface area contributed by atoms with Crippen molar-refractivity contribution in [3.63, 3.8) is 0 Å². The first-order chi connectivity index (χ1) is 11.1. The molecule has 7 nitrogen and oxygen atoms in total. The zero-order chi connectivity index (χ0) is 18.3. The number of aryl methyl sites for hydroxylation is 2. The van der Waals surface area contributed by atoms with Crippen LogP contribution >= 0.6 is 0 Å². The van der Waals surface area contributed by atoms with Crippen molar-refractivity contribution in [3.8, 4) is 0 Å². The van der Waals surface area contributed by atoms with Gasteiger partial charge < -0.3 is 4.90 Å². The van der Waals surface area contributed by atoms with Crippen LogP contribution in [0.5, 0.6) is 0 Å². The van der Waals surface area contributed by atoms with E-state index in [4.69, 9.17) is 18.6 Å². The van der Waals surface area contributed by atoms with E-state index in [1.54, 1.807) is 0 Å². The van der Waals surface area contributed by atoms with Crippen LogP contribution in [0.25, 0.3) is 0 Å². The summed E-state index contributed by atoms with van der Waals surface area (Å²) in [7, 11) is -0.872. The molecule has 0 radical (unpaired) electrons. The second-order valence-electron chi connectivity index (χ2n) is 5.30. The van der Waals surface area contributed by atoms with Gasteiger partial charge in [-0.1, -0.05) is 16.8 Å². The molecule has 1 aromatic heterocycles. The number of nitrogens with zero attached hydrogens (tertiary/aromatic N) is 3. The lowest BCUT2D eigenvalue weighted by Gasteiger charge is -2.17. The van der Waals surface area contributed by atoms with Gasteiger partial charge >= 0.3 is 0 Å². The van der Waals surface area contributed by atoms with Gasteiger partial charge in [-0.05, 0) is 35.3 Å². The lowest BCUT2D eigenvalue weighted by molar-refractivity contribution is -2.00. The summed E-state index contributed by atoms with van der Waals surface area (Å²) < 4.78 is 35.9. The molecule has 0 atom stereocenters.